The third kappa shape index (κ3) is 2.10. The summed E-state index contributed by atoms with van der Waals surface area (Å²) in [6, 6.07) is 6.42. The van der Waals surface area contributed by atoms with E-state index in [1.807, 2.05) is 0 Å². The van der Waals surface area contributed by atoms with Gasteiger partial charge in [0, 0.05) is 5.54 Å². The Morgan fingerprint density at radius 3 is 2.10 bits per heavy atom. The van der Waals surface area contributed by atoms with Gasteiger partial charge in [-0.25, -0.2) is 0 Å². The summed E-state index contributed by atoms with van der Waals surface area (Å²) in [5.74, 6) is 0. The molecule has 2 aliphatic rings. The fraction of sp³-hybridized carbons (Fsp3) is 0.625. The Morgan fingerprint density at radius 1 is 1.05 bits per heavy atom. The molecule has 2 fully saturated rings. The molecule has 4 heteroatoms. The second-order valence-electron chi connectivity index (χ2n) is 7.34. The summed E-state index contributed by atoms with van der Waals surface area (Å²) in [5, 5.41) is 0. The van der Waals surface area contributed by atoms with Gasteiger partial charge in [-0.3, -0.25) is 0 Å². The fourth-order valence-electron chi connectivity index (χ4n) is 2.70. The van der Waals surface area contributed by atoms with E-state index in [9.17, 15) is 0 Å². The maximum absolute atomic E-state index is 6.41. The normalized spacial score (nSPS) is 25.8. The molecule has 1 aromatic carbocycles. The summed E-state index contributed by atoms with van der Waals surface area (Å²) in [4.78, 5) is 0. The Bertz CT molecular complexity index is 533. The van der Waals surface area contributed by atoms with Crippen LogP contribution in [0.1, 0.15) is 51.7 Å². The Balaban J connectivity index is 2.01. The van der Waals surface area contributed by atoms with Gasteiger partial charge in [-0.05, 0) is 58.5 Å². The van der Waals surface area contributed by atoms with Crippen LogP contribution in [0, 0.1) is 6.92 Å². The first-order valence-corrected chi connectivity index (χ1v) is 7.40. The van der Waals surface area contributed by atoms with Crippen molar-refractivity contribution in [2.24, 2.45) is 5.73 Å². The van der Waals surface area contributed by atoms with E-state index in [0.717, 1.165) is 18.3 Å². The van der Waals surface area contributed by atoms with E-state index in [1.54, 1.807) is 0 Å². The summed E-state index contributed by atoms with van der Waals surface area (Å²) in [5.41, 5.74) is 9.10. The van der Waals surface area contributed by atoms with E-state index < -0.39 is 0 Å². The maximum Gasteiger partial charge on any atom is 0.495 e. The Morgan fingerprint density at radius 2 is 1.60 bits per heavy atom. The second kappa shape index (κ2) is 4.09. The minimum absolute atomic E-state index is 0.174. The molecule has 0 radical (unpaired) electrons. The predicted octanol–water partition coefficient (Wildman–Crippen LogP) is 2.24. The van der Waals surface area contributed by atoms with Gasteiger partial charge in [-0.15, -0.1) is 0 Å². The van der Waals surface area contributed by atoms with Crippen molar-refractivity contribution >= 4 is 12.6 Å². The summed E-state index contributed by atoms with van der Waals surface area (Å²) >= 11 is 0. The van der Waals surface area contributed by atoms with Crippen LogP contribution in [0.3, 0.4) is 0 Å². The molecule has 1 saturated heterocycles. The Labute approximate surface area is 122 Å². The molecule has 108 valence electrons. The van der Waals surface area contributed by atoms with Crippen molar-refractivity contribution in [3.05, 3.63) is 29.3 Å². The van der Waals surface area contributed by atoms with Gasteiger partial charge in [-0.2, -0.15) is 0 Å². The minimum atomic E-state index is -0.323. The lowest BCUT2D eigenvalue weighted by Gasteiger charge is -2.32. The van der Waals surface area contributed by atoms with E-state index in [2.05, 4.69) is 52.8 Å². The fourth-order valence-corrected chi connectivity index (χ4v) is 2.70. The van der Waals surface area contributed by atoms with E-state index in [4.69, 9.17) is 15.0 Å². The lowest BCUT2D eigenvalue weighted by Crippen LogP contribution is -2.41. The monoisotopic (exact) mass is 273 g/mol. The number of aryl methyl sites for hydroxylation is 1. The highest BCUT2D eigenvalue weighted by Gasteiger charge is 2.54. The standard InChI is InChI=1S/C16H24BNO2/c1-11-6-7-12(16(18)8-9-16)13(10-11)17-19-14(2,3)15(4,5)20-17/h6-7,10H,8-9,18H2,1-5H3. The molecule has 3 rings (SSSR count). The molecule has 0 spiro atoms. The third-order valence-corrected chi connectivity index (χ3v) is 5.04. The first kappa shape index (κ1) is 14.1. The van der Waals surface area contributed by atoms with Gasteiger partial charge < -0.3 is 15.0 Å². The molecular weight excluding hydrogens is 249 g/mol. The molecule has 1 aliphatic carbocycles. The molecule has 1 aliphatic heterocycles. The number of nitrogens with two attached hydrogens (primary N) is 1. The zero-order valence-corrected chi connectivity index (χ0v) is 13.1. The summed E-state index contributed by atoms with van der Waals surface area (Å²) in [6.07, 6.45) is 2.09. The van der Waals surface area contributed by atoms with Crippen molar-refractivity contribution in [3.8, 4) is 0 Å². The molecule has 1 heterocycles. The van der Waals surface area contributed by atoms with Crippen LogP contribution < -0.4 is 11.2 Å². The number of hydrogen-bond donors (Lipinski definition) is 1. The van der Waals surface area contributed by atoms with Crippen LogP contribution in [-0.4, -0.2) is 18.3 Å². The number of benzene rings is 1. The molecule has 1 saturated carbocycles. The zero-order chi connectivity index (χ0) is 14.8. The van der Waals surface area contributed by atoms with Crippen LogP contribution in [0.2, 0.25) is 0 Å². The first-order chi connectivity index (χ1) is 9.15. The molecule has 20 heavy (non-hydrogen) atoms. The summed E-state index contributed by atoms with van der Waals surface area (Å²) in [7, 11) is -0.323. The minimum Gasteiger partial charge on any atom is -0.399 e. The van der Waals surface area contributed by atoms with Crippen LogP contribution in [0.25, 0.3) is 0 Å². The van der Waals surface area contributed by atoms with Crippen LogP contribution in [0.4, 0.5) is 0 Å². The van der Waals surface area contributed by atoms with E-state index in [-0.39, 0.29) is 23.9 Å². The van der Waals surface area contributed by atoms with Crippen LogP contribution >= 0.6 is 0 Å². The van der Waals surface area contributed by atoms with Crippen molar-refractivity contribution in [3.63, 3.8) is 0 Å². The first-order valence-electron chi connectivity index (χ1n) is 7.40. The average Bonchev–Trinajstić information content (AvgIpc) is 3.01. The Hall–Kier alpha value is -0.835. The smallest absolute Gasteiger partial charge is 0.399 e. The van der Waals surface area contributed by atoms with Gasteiger partial charge >= 0.3 is 7.12 Å². The molecular formula is C16H24BNO2. The second-order valence-corrected chi connectivity index (χ2v) is 7.34. The SMILES string of the molecule is Cc1ccc(C2(N)CC2)c(B2OC(C)(C)C(C)(C)O2)c1. The van der Waals surface area contributed by atoms with Crippen LogP contribution in [0.5, 0.6) is 0 Å². The molecule has 0 atom stereocenters. The van der Waals surface area contributed by atoms with Crippen molar-refractivity contribution in [2.75, 3.05) is 0 Å². The molecule has 0 bridgehead atoms. The van der Waals surface area contributed by atoms with Crippen molar-refractivity contribution in [1.29, 1.82) is 0 Å². The van der Waals surface area contributed by atoms with Crippen molar-refractivity contribution in [1.82, 2.24) is 0 Å². The quantitative estimate of drug-likeness (QED) is 0.840. The predicted molar refractivity (Wildman–Crippen MR) is 82.0 cm³/mol. The topological polar surface area (TPSA) is 44.5 Å². The van der Waals surface area contributed by atoms with Crippen LogP contribution in [0.15, 0.2) is 18.2 Å². The highest BCUT2D eigenvalue weighted by molar-refractivity contribution is 6.62. The molecule has 0 unspecified atom stereocenters. The van der Waals surface area contributed by atoms with Crippen LogP contribution in [-0.2, 0) is 14.8 Å². The highest BCUT2D eigenvalue weighted by atomic mass is 16.7. The van der Waals surface area contributed by atoms with Gasteiger partial charge in [0.05, 0.1) is 11.2 Å². The molecule has 0 aromatic heterocycles. The summed E-state index contributed by atoms with van der Waals surface area (Å²) < 4.78 is 12.4. The average molecular weight is 273 g/mol. The summed E-state index contributed by atoms with van der Waals surface area (Å²) in [6.45, 7) is 10.4. The highest BCUT2D eigenvalue weighted by Crippen LogP contribution is 2.43. The van der Waals surface area contributed by atoms with Gasteiger partial charge in [0.25, 0.3) is 0 Å². The molecule has 0 amide bonds. The van der Waals surface area contributed by atoms with Gasteiger partial charge in [0.15, 0.2) is 0 Å². The van der Waals surface area contributed by atoms with E-state index >= 15 is 0 Å². The molecule has 3 nitrogen and oxygen atoms in total. The molecule has 1 aromatic rings. The number of hydrogen-bond acceptors (Lipinski definition) is 3. The lowest BCUT2D eigenvalue weighted by molar-refractivity contribution is 0.00578. The van der Waals surface area contributed by atoms with Crippen molar-refractivity contribution in [2.45, 2.75) is 64.2 Å². The van der Waals surface area contributed by atoms with Crippen molar-refractivity contribution < 1.29 is 9.31 Å². The van der Waals surface area contributed by atoms with Gasteiger partial charge in [-0.1, -0.05) is 23.8 Å². The van der Waals surface area contributed by atoms with Gasteiger partial charge in [0.2, 0.25) is 0 Å². The maximum atomic E-state index is 6.41. The third-order valence-electron chi connectivity index (χ3n) is 5.04. The van der Waals surface area contributed by atoms with E-state index in [0.29, 0.717) is 0 Å². The lowest BCUT2D eigenvalue weighted by atomic mass is 9.73. The van der Waals surface area contributed by atoms with Gasteiger partial charge in [0.1, 0.15) is 0 Å². The Kier molecular flexibility index (Phi) is 2.89. The number of rotatable bonds is 2. The van der Waals surface area contributed by atoms with E-state index in [1.165, 1.54) is 11.1 Å². The zero-order valence-electron chi connectivity index (χ0n) is 13.1. The largest absolute Gasteiger partial charge is 0.495 e. The molecule has 2 N–H and O–H groups in total.